The van der Waals surface area contributed by atoms with E-state index in [-0.39, 0.29) is 18.0 Å². The Labute approximate surface area is 195 Å². The molecule has 1 amide bonds. The molecule has 1 fully saturated rings. The number of amides is 1. The third-order valence-electron chi connectivity index (χ3n) is 5.84. The van der Waals surface area contributed by atoms with Crippen LogP contribution in [0.2, 0.25) is 5.02 Å². The van der Waals surface area contributed by atoms with Gasteiger partial charge in [-0.05, 0) is 57.0 Å². The molecule has 1 aliphatic rings. The maximum Gasteiger partial charge on any atom is 0.256 e. The molecule has 1 N–H and O–H groups in total. The summed E-state index contributed by atoms with van der Waals surface area (Å²) in [5.74, 6) is -0.00363. The number of nitrogens with zero attached hydrogens (tertiary/aromatic N) is 5. The highest BCUT2D eigenvalue weighted by molar-refractivity contribution is 7.22. The van der Waals surface area contributed by atoms with Gasteiger partial charge in [0.05, 0.1) is 33.9 Å². The van der Waals surface area contributed by atoms with E-state index in [0.717, 1.165) is 33.8 Å². The molecular formula is C23H23ClN6OS. The maximum atomic E-state index is 13.7. The normalized spacial score (nSPS) is 18.8. The number of benzene rings is 2. The molecule has 5 rings (SSSR count). The molecule has 0 radical (unpaired) electrons. The number of hydrogen-bond donors (Lipinski definition) is 1. The number of piperidine rings is 1. The summed E-state index contributed by atoms with van der Waals surface area (Å²) in [6, 6.07) is 11.8. The minimum absolute atomic E-state index is 0.00363. The molecule has 164 valence electrons. The number of nitrogens with one attached hydrogen (secondary N) is 1. The Morgan fingerprint density at radius 3 is 2.78 bits per heavy atom. The van der Waals surface area contributed by atoms with Gasteiger partial charge in [0.1, 0.15) is 0 Å². The van der Waals surface area contributed by atoms with E-state index in [0.29, 0.717) is 22.8 Å². The van der Waals surface area contributed by atoms with Crippen molar-refractivity contribution in [3.05, 3.63) is 64.9 Å². The first kappa shape index (κ1) is 20.9. The Kier molecular flexibility index (Phi) is 5.57. The fourth-order valence-corrected chi connectivity index (χ4v) is 5.35. The lowest BCUT2D eigenvalue weighted by Gasteiger charge is -2.38. The zero-order chi connectivity index (χ0) is 22.2. The van der Waals surface area contributed by atoms with E-state index >= 15 is 0 Å². The van der Waals surface area contributed by atoms with Crippen LogP contribution in [0, 0.1) is 6.92 Å². The Morgan fingerprint density at radius 1 is 1.16 bits per heavy atom. The van der Waals surface area contributed by atoms with Gasteiger partial charge in [-0.3, -0.25) is 4.79 Å². The van der Waals surface area contributed by atoms with Gasteiger partial charge in [-0.1, -0.05) is 34.6 Å². The number of likely N-dealkylation sites (tertiary alicyclic amines) is 1. The summed E-state index contributed by atoms with van der Waals surface area (Å²) in [6.45, 7) is 4.70. The maximum absolute atomic E-state index is 13.7. The summed E-state index contributed by atoms with van der Waals surface area (Å²) < 4.78 is 1.05. The molecule has 2 atom stereocenters. The molecule has 9 heteroatoms. The van der Waals surface area contributed by atoms with Crippen LogP contribution in [-0.2, 0) is 0 Å². The van der Waals surface area contributed by atoms with Crippen LogP contribution in [0.4, 0.5) is 5.13 Å². The minimum atomic E-state index is -0.00363. The van der Waals surface area contributed by atoms with Crippen LogP contribution in [0.15, 0.2) is 48.8 Å². The van der Waals surface area contributed by atoms with E-state index < -0.39 is 0 Å². The number of carbonyl (C=O) groups excluding carboxylic acids is 1. The number of aromatic nitrogens is 4. The Balaban J connectivity index is 1.39. The number of rotatable bonds is 4. The van der Waals surface area contributed by atoms with E-state index in [9.17, 15) is 4.79 Å². The quantitative estimate of drug-likeness (QED) is 0.460. The zero-order valence-corrected chi connectivity index (χ0v) is 19.4. The Bertz CT molecular complexity index is 1270. The number of halogens is 1. The molecule has 2 unspecified atom stereocenters. The van der Waals surface area contributed by atoms with E-state index in [1.807, 2.05) is 48.2 Å². The van der Waals surface area contributed by atoms with Gasteiger partial charge in [-0.15, -0.1) is 0 Å². The van der Waals surface area contributed by atoms with Crippen molar-refractivity contribution in [2.24, 2.45) is 0 Å². The summed E-state index contributed by atoms with van der Waals surface area (Å²) in [6.07, 6.45) is 5.12. The molecule has 32 heavy (non-hydrogen) atoms. The first-order valence-corrected chi connectivity index (χ1v) is 11.8. The van der Waals surface area contributed by atoms with Crippen molar-refractivity contribution in [1.82, 2.24) is 24.9 Å². The third-order valence-corrected chi connectivity index (χ3v) is 7.02. The lowest BCUT2D eigenvalue weighted by atomic mass is 9.97. The average Bonchev–Trinajstić information content (AvgIpc) is 3.44. The first-order chi connectivity index (χ1) is 15.5. The molecule has 0 saturated carbocycles. The highest BCUT2D eigenvalue weighted by Crippen LogP contribution is 2.30. The lowest BCUT2D eigenvalue weighted by Crippen LogP contribution is -2.49. The first-order valence-electron chi connectivity index (χ1n) is 10.6. The van der Waals surface area contributed by atoms with E-state index in [4.69, 9.17) is 11.6 Å². The standard InChI is InChI=1S/C23H23ClN6OS/c1-14-3-8-20(30-25-9-10-26-30)18(11-14)22(31)29-13-17(6-4-15(29)2)27-23-28-19-7-5-16(24)12-21(19)32-23/h3,5,7-12,15,17H,4,6,13H2,1-2H3,(H,27,28). The predicted molar refractivity (Wildman–Crippen MR) is 128 cm³/mol. The van der Waals surface area contributed by atoms with Gasteiger partial charge >= 0.3 is 0 Å². The van der Waals surface area contributed by atoms with Crippen LogP contribution in [0.5, 0.6) is 0 Å². The van der Waals surface area contributed by atoms with Gasteiger partial charge < -0.3 is 10.2 Å². The monoisotopic (exact) mass is 466 g/mol. The zero-order valence-electron chi connectivity index (χ0n) is 17.8. The summed E-state index contributed by atoms with van der Waals surface area (Å²) >= 11 is 7.70. The number of fused-ring (bicyclic) bond motifs is 1. The number of aryl methyl sites for hydroxylation is 1. The van der Waals surface area contributed by atoms with Crippen LogP contribution < -0.4 is 5.32 Å². The Morgan fingerprint density at radius 2 is 1.97 bits per heavy atom. The van der Waals surface area contributed by atoms with Crippen molar-refractivity contribution in [2.45, 2.75) is 38.8 Å². The van der Waals surface area contributed by atoms with Crippen LogP contribution in [0.3, 0.4) is 0 Å². The van der Waals surface area contributed by atoms with Crippen molar-refractivity contribution in [2.75, 3.05) is 11.9 Å². The summed E-state index contributed by atoms with van der Waals surface area (Å²) in [7, 11) is 0. The number of anilines is 1. The fourth-order valence-electron chi connectivity index (χ4n) is 4.13. The second-order valence-corrected chi connectivity index (χ2v) is 9.66. The van der Waals surface area contributed by atoms with Crippen molar-refractivity contribution in [3.63, 3.8) is 0 Å². The minimum Gasteiger partial charge on any atom is -0.357 e. The number of thiazole rings is 1. The second kappa shape index (κ2) is 8.52. The van der Waals surface area contributed by atoms with Crippen LogP contribution >= 0.6 is 22.9 Å². The summed E-state index contributed by atoms with van der Waals surface area (Å²) in [5, 5.41) is 13.6. The van der Waals surface area contributed by atoms with Gasteiger partial charge in [-0.2, -0.15) is 15.0 Å². The molecule has 2 aromatic carbocycles. The highest BCUT2D eigenvalue weighted by atomic mass is 35.5. The number of hydrogen-bond acceptors (Lipinski definition) is 6. The van der Waals surface area contributed by atoms with Crippen LogP contribution in [0.1, 0.15) is 35.7 Å². The van der Waals surface area contributed by atoms with Gasteiger partial charge in [-0.25, -0.2) is 4.98 Å². The van der Waals surface area contributed by atoms with Crippen LogP contribution in [0.25, 0.3) is 15.9 Å². The molecule has 1 aliphatic heterocycles. The molecular weight excluding hydrogens is 444 g/mol. The summed E-state index contributed by atoms with van der Waals surface area (Å²) in [4.78, 5) is 21.8. The van der Waals surface area contributed by atoms with E-state index in [2.05, 4.69) is 27.4 Å². The third kappa shape index (κ3) is 4.08. The van der Waals surface area contributed by atoms with Crippen molar-refractivity contribution in [1.29, 1.82) is 0 Å². The van der Waals surface area contributed by atoms with Crippen molar-refractivity contribution < 1.29 is 4.79 Å². The SMILES string of the molecule is Cc1ccc(-n2nccn2)c(C(=O)N2CC(Nc3nc4ccc(Cl)cc4s3)CCC2C)c1. The smallest absolute Gasteiger partial charge is 0.256 e. The molecule has 0 bridgehead atoms. The van der Waals surface area contributed by atoms with Crippen LogP contribution in [-0.4, -0.2) is 49.4 Å². The van der Waals surface area contributed by atoms with Gasteiger partial charge in [0.15, 0.2) is 5.13 Å². The van der Waals surface area contributed by atoms with Gasteiger partial charge in [0.2, 0.25) is 0 Å². The topological polar surface area (TPSA) is 75.9 Å². The van der Waals surface area contributed by atoms with E-state index in [1.165, 1.54) is 4.80 Å². The molecule has 3 heterocycles. The van der Waals surface area contributed by atoms with Crippen molar-refractivity contribution >= 4 is 44.2 Å². The molecule has 2 aromatic heterocycles. The predicted octanol–water partition coefficient (Wildman–Crippen LogP) is 4.94. The molecule has 7 nitrogen and oxygen atoms in total. The van der Waals surface area contributed by atoms with Crippen molar-refractivity contribution in [3.8, 4) is 5.69 Å². The second-order valence-electron chi connectivity index (χ2n) is 8.20. The van der Waals surface area contributed by atoms with Gasteiger partial charge in [0, 0.05) is 23.7 Å². The molecule has 1 saturated heterocycles. The fraction of sp³-hybridized carbons (Fsp3) is 0.304. The number of carbonyl (C=O) groups is 1. The largest absolute Gasteiger partial charge is 0.357 e. The highest BCUT2D eigenvalue weighted by Gasteiger charge is 2.31. The lowest BCUT2D eigenvalue weighted by molar-refractivity contribution is 0.0621. The Hall–Kier alpha value is -2.97. The molecule has 0 aliphatic carbocycles. The van der Waals surface area contributed by atoms with E-state index in [1.54, 1.807) is 23.7 Å². The van der Waals surface area contributed by atoms with Gasteiger partial charge in [0.25, 0.3) is 5.91 Å². The molecule has 0 spiro atoms. The molecule has 4 aromatic rings. The average molecular weight is 467 g/mol. The summed E-state index contributed by atoms with van der Waals surface area (Å²) in [5.41, 5.74) is 3.26.